The lowest BCUT2D eigenvalue weighted by molar-refractivity contribution is -0.124. The normalized spacial score (nSPS) is 12.0. The van der Waals surface area contributed by atoms with Gasteiger partial charge in [0.15, 0.2) is 6.61 Å². The minimum atomic E-state index is -0.215. The highest BCUT2D eigenvalue weighted by Gasteiger charge is 2.09. The Bertz CT molecular complexity index is 426. The lowest BCUT2D eigenvalue weighted by Crippen LogP contribution is -2.38. The van der Waals surface area contributed by atoms with E-state index in [1.807, 2.05) is 6.92 Å². The lowest BCUT2D eigenvalue weighted by Gasteiger charge is -2.14. The Kier molecular flexibility index (Phi) is 6.62. The van der Waals surface area contributed by atoms with Crippen LogP contribution in [-0.4, -0.2) is 32.3 Å². The number of benzene rings is 1. The monoisotopic (exact) mass is 286 g/mol. The third kappa shape index (κ3) is 5.46. The fourth-order valence-corrected chi connectivity index (χ4v) is 1.74. The predicted molar refractivity (Wildman–Crippen MR) is 74.3 cm³/mol. The van der Waals surface area contributed by atoms with E-state index in [1.54, 1.807) is 25.3 Å². The van der Waals surface area contributed by atoms with Crippen LogP contribution in [0, 0.1) is 0 Å². The van der Waals surface area contributed by atoms with E-state index < -0.39 is 0 Å². The van der Waals surface area contributed by atoms with Gasteiger partial charge in [0, 0.05) is 30.3 Å². The third-order valence-electron chi connectivity index (χ3n) is 2.43. The number of ether oxygens (including phenoxy) is 2. The summed E-state index contributed by atoms with van der Waals surface area (Å²) in [5, 5.41) is 3.29. The lowest BCUT2D eigenvalue weighted by atomic mass is 10.2. The largest absolute Gasteiger partial charge is 0.483 e. The summed E-state index contributed by atoms with van der Waals surface area (Å²) in [6, 6.07) is 5.10. The molecule has 0 aliphatic carbocycles. The Morgan fingerprint density at radius 1 is 1.53 bits per heavy atom. The summed E-state index contributed by atoms with van der Waals surface area (Å²) in [5.41, 5.74) is 6.39. The summed E-state index contributed by atoms with van der Waals surface area (Å²) >= 11 is 5.88. The number of nitrogens with two attached hydrogens (primary N) is 1. The van der Waals surface area contributed by atoms with Gasteiger partial charge in [-0.25, -0.2) is 0 Å². The molecular formula is C13H19ClN2O3. The van der Waals surface area contributed by atoms with E-state index in [1.165, 1.54) is 0 Å². The van der Waals surface area contributed by atoms with Gasteiger partial charge in [0.25, 0.3) is 5.91 Å². The van der Waals surface area contributed by atoms with E-state index in [9.17, 15) is 4.79 Å². The van der Waals surface area contributed by atoms with Crippen LogP contribution in [0.15, 0.2) is 18.2 Å². The second-order valence-corrected chi connectivity index (χ2v) is 4.61. The van der Waals surface area contributed by atoms with Crippen LogP contribution in [-0.2, 0) is 16.1 Å². The van der Waals surface area contributed by atoms with Gasteiger partial charge in [-0.05, 0) is 19.1 Å². The molecule has 19 heavy (non-hydrogen) atoms. The molecule has 3 N–H and O–H groups in total. The van der Waals surface area contributed by atoms with Crippen molar-refractivity contribution in [2.75, 3.05) is 20.3 Å². The summed E-state index contributed by atoms with van der Waals surface area (Å²) < 4.78 is 10.4. The number of methoxy groups -OCH3 is 1. The van der Waals surface area contributed by atoms with E-state index in [2.05, 4.69) is 5.32 Å². The molecule has 6 heteroatoms. The first kappa shape index (κ1) is 15.8. The average molecular weight is 287 g/mol. The molecule has 5 nitrogen and oxygen atoms in total. The molecule has 0 radical (unpaired) electrons. The van der Waals surface area contributed by atoms with Crippen LogP contribution >= 0.6 is 11.6 Å². The highest BCUT2D eigenvalue weighted by Crippen LogP contribution is 2.22. The topological polar surface area (TPSA) is 73.6 Å². The summed E-state index contributed by atoms with van der Waals surface area (Å²) in [7, 11) is 1.58. The minimum absolute atomic E-state index is 0.0607. The van der Waals surface area contributed by atoms with Crippen LogP contribution in [0.4, 0.5) is 0 Å². The fourth-order valence-electron chi connectivity index (χ4n) is 1.58. The first-order valence-corrected chi connectivity index (χ1v) is 6.34. The number of rotatable bonds is 7. The van der Waals surface area contributed by atoms with Gasteiger partial charge in [-0.2, -0.15) is 0 Å². The minimum Gasteiger partial charge on any atom is -0.483 e. The highest BCUT2D eigenvalue weighted by molar-refractivity contribution is 6.30. The van der Waals surface area contributed by atoms with Crippen molar-refractivity contribution < 1.29 is 14.3 Å². The molecule has 1 aromatic rings. The molecule has 1 unspecified atom stereocenters. The Balaban J connectivity index is 2.52. The first-order valence-electron chi connectivity index (χ1n) is 5.96. The molecule has 0 bridgehead atoms. The maximum absolute atomic E-state index is 11.6. The van der Waals surface area contributed by atoms with Crippen molar-refractivity contribution in [2.24, 2.45) is 5.73 Å². The Morgan fingerprint density at radius 3 is 2.89 bits per heavy atom. The molecule has 1 aromatic carbocycles. The molecule has 1 rings (SSSR count). The second kappa shape index (κ2) is 7.99. The Hall–Kier alpha value is -1.30. The zero-order valence-electron chi connectivity index (χ0n) is 11.1. The quantitative estimate of drug-likeness (QED) is 0.793. The molecule has 106 valence electrons. The van der Waals surface area contributed by atoms with Crippen molar-refractivity contribution >= 4 is 17.5 Å². The molecule has 0 aromatic heterocycles. The van der Waals surface area contributed by atoms with Gasteiger partial charge in [-0.3, -0.25) is 4.79 Å². The van der Waals surface area contributed by atoms with Crippen LogP contribution in [0.3, 0.4) is 0 Å². The molecule has 0 saturated carbocycles. The smallest absolute Gasteiger partial charge is 0.258 e. The van der Waals surface area contributed by atoms with Crippen molar-refractivity contribution in [3.05, 3.63) is 28.8 Å². The molecule has 1 amide bonds. The molecule has 0 aliphatic heterocycles. The summed E-state index contributed by atoms with van der Waals surface area (Å²) in [6.45, 7) is 2.55. The molecule has 0 heterocycles. The van der Waals surface area contributed by atoms with E-state index in [0.717, 1.165) is 5.56 Å². The summed E-state index contributed by atoms with van der Waals surface area (Å²) in [5.74, 6) is 0.317. The number of nitrogens with one attached hydrogen (secondary N) is 1. The van der Waals surface area contributed by atoms with Crippen molar-refractivity contribution in [1.29, 1.82) is 0 Å². The first-order chi connectivity index (χ1) is 9.06. The zero-order chi connectivity index (χ0) is 14.3. The highest BCUT2D eigenvalue weighted by atomic mass is 35.5. The Labute approximate surface area is 118 Å². The van der Waals surface area contributed by atoms with Gasteiger partial charge in [0.2, 0.25) is 0 Å². The number of carbonyl (C=O) groups excluding carboxylic acids is 1. The molecular weight excluding hydrogens is 268 g/mol. The Morgan fingerprint density at radius 2 is 2.26 bits per heavy atom. The van der Waals surface area contributed by atoms with Crippen molar-refractivity contribution in [3.8, 4) is 5.75 Å². The number of hydrogen-bond acceptors (Lipinski definition) is 4. The van der Waals surface area contributed by atoms with Crippen molar-refractivity contribution in [3.63, 3.8) is 0 Å². The molecule has 0 saturated heterocycles. The van der Waals surface area contributed by atoms with Crippen LogP contribution in [0.25, 0.3) is 0 Å². The molecule has 0 fully saturated rings. The number of carbonyl (C=O) groups is 1. The van der Waals surface area contributed by atoms with Crippen molar-refractivity contribution in [2.45, 2.75) is 19.5 Å². The maximum atomic E-state index is 11.6. The standard InChI is InChI=1S/C13H19ClN2O3/c1-9(7-18-2)16-13(17)8-19-12-5-11(14)4-3-10(12)6-15/h3-5,9H,6-8,15H2,1-2H3,(H,16,17). The predicted octanol–water partition coefficient (Wildman–Crippen LogP) is 1.33. The van der Waals surface area contributed by atoms with Gasteiger partial charge >= 0.3 is 0 Å². The SMILES string of the molecule is COCC(C)NC(=O)COc1cc(Cl)ccc1CN. The molecule has 0 aliphatic rings. The van der Waals surface area contributed by atoms with Gasteiger partial charge in [0.1, 0.15) is 5.75 Å². The molecule has 0 spiro atoms. The zero-order valence-corrected chi connectivity index (χ0v) is 11.9. The fraction of sp³-hybridized carbons (Fsp3) is 0.462. The number of hydrogen-bond donors (Lipinski definition) is 2. The summed E-state index contributed by atoms with van der Waals surface area (Å²) in [4.78, 5) is 11.6. The van der Waals surface area contributed by atoms with E-state index in [0.29, 0.717) is 23.9 Å². The van der Waals surface area contributed by atoms with Crippen LogP contribution in [0.1, 0.15) is 12.5 Å². The van der Waals surface area contributed by atoms with Gasteiger partial charge < -0.3 is 20.5 Å². The van der Waals surface area contributed by atoms with Crippen LogP contribution < -0.4 is 15.8 Å². The maximum Gasteiger partial charge on any atom is 0.258 e. The van der Waals surface area contributed by atoms with Crippen LogP contribution in [0.5, 0.6) is 5.75 Å². The van der Waals surface area contributed by atoms with Gasteiger partial charge in [-0.15, -0.1) is 0 Å². The molecule has 1 atom stereocenters. The van der Waals surface area contributed by atoms with Gasteiger partial charge in [0.05, 0.1) is 6.61 Å². The van der Waals surface area contributed by atoms with Crippen LogP contribution in [0.2, 0.25) is 5.02 Å². The third-order valence-corrected chi connectivity index (χ3v) is 2.67. The number of amides is 1. The van der Waals surface area contributed by atoms with E-state index in [4.69, 9.17) is 26.8 Å². The average Bonchev–Trinajstić information content (AvgIpc) is 2.36. The summed E-state index contributed by atoms with van der Waals surface area (Å²) in [6.07, 6.45) is 0. The van der Waals surface area contributed by atoms with Crippen molar-refractivity contribution in [1.82, 2.24) is 5.32 Å². The van der Waals surface area contributed by atoms with Gasteiger partial charge in [-0.1, -0.05) is 17.7 Å². The second-order valence-electron chi connectivity index (χ2n) is 4.17. The van der Waals surface area contributed by atoms with E-state index >= 15 is 0 Å². The van der Waals surface area contributed by atoms with E-state index in [-0.39, 0.29) is 18.6 Å². The number of halogens is 1.